The molecule has 2 aliphatic rings. The van der Waals surface area contributed by atoms with Crippen LogP contribution in [0, 0.1) is 12.7 Å². The fourth-order valence-electron chi connectivity index (χ4n) is 2.93. The third-order valence-corrected chi connectivity index (χ3v) is 6.80. The minimum Gasteiger partial charge on any atom is -0.352 e. The van der Waals surface area contributed by atoms with Crippen molar-refractivity contribution >= 4 is 15.9 Å². The van der Waals surface area contributed by atoms with Crippen LogP contribution in [0.2, 0.25) is 0 Å². The van der Waals surface area contributed by atoms with E-state index in [1.807, 2.05) is 11.8 Å². The third-order valence-electron chi connectivity index (χ3n) is 4.91. The molecule has 138 valence electrons. The molecular weight excluding hydrogens is 345 g/mol. The number of benzene rings is 1. The smallest absolute Gasteiger partial charge is 0.243 e. The van der Waals surface area contributed by atoms with Crippen LogP contribution >= 0.6 is 0 Å². The van der Waals surface area contributed by atoms with E-state index in [-0.39, 0.29) is 16.8 Å². The molecule has 1 aliphatic heterocycles. The van der Waals surface area contributed by atoms with Crippen LogP contribution < -0.4 is 5.32 Å². The molecule has 2 fully saturated rings. The van der Waals surface area contributed by atoms with Crippen LogP contribution in [0.1, 0.15) is 25.3 Å². The molecule has 6 nitrogen and oxygen atoms in total. The van der Waals surface area contributed by atoms with Gasteiger partial charge in [-0.2, -0.15) is 4.31 Å². The Morgan fingerprint density at radius 1 is 1.24 bits per heavy atom. The van der Waals surface area contributed by atoms with Crippen LogP contribution in [-0.2, 0) is 14.8 Å². The lowest BCUT2D eigenvalue weighted by Crippen LogP contribution is -2.55. The van der Waals surface area contributed by atoms with E-state index in [0.29, 0.717) is 37.8 Å². The highest BCUT2D eigenvalue weighted by Crippen LogP contribution is 2.22. The van der Waals surface area contributed by atoms with Gasteiger partial charge in [-0.3, -0.25) is 9.69 Å². The van der Waals surface area contributed by atoms with Crippen LogP contribution in [0.3, 0.4) is 0 Å². The van der Waals surface area contributed by atoms with E-state index in [4.69, 9.17) is 0 Å². The predicted molar refractivity (Wildman–Crippen MR) is 92.1 cm³/mol. The number of hydrogen-bond acceptors (Lipinski definition) is 4. The molecule has 1 N–H and O–H groups in total. The van der Waals surface area contributed by atoms with E-state index in [1.165, 1.54) is 16.4 Å². The Labute approximate surface area is 148 Å². The van der Waals surface area contributed by atoms with Crippen molar-refractivity contribution in [2.75, 3.05) is 26.2 Å². The summed E-state index contributed by atoms with van der Waals surface area (Å²) in [6.07, 6.45) is 2.08. The van der Waals surface area contributed by atoms with Gasteiger partial charge in [-0.25, -0.2) is 12.8 Å². The molecule has 1 unspecified atom stereocenters. The van der Waals surface area contributed by atoms with E-state index in [9.17, 15) is 17.6 Å². The first kappa shape index (κ1) is 18.3. The maximum atomic E-state index is 13.7. The first-order chi connectivity index (χ1) is 11.8. The number of hydrogen-bond donors (Lipinski definition) is 1. The van der Waals surface area contributed by atoms with Gasteiger partial charge in [0.25, 0.3) is 0 Å². The van der Waals surface area contributed by atoms with E-state index in [2.05, 4.69) is 5.32 Å². The fourth-order valence-corrected chi connectivity index (χ4v) is 4.36. The molecule has 1 aliphatic carbocycles. The van der Waals surface area contributed by atoms with E-state index < -0.39 is 15.8 Å². The molecule has 1 saturated carbocycles. The summed E-state index contributed by atoms with van der Waals surface area (Å²) >= 11 is 0. The van der Waals surface area contributed by atoms with Gasteiger partial charge < -0.3 is 5.32 Å². The predicted octanol–water partition coefficient (Wildman–Crippen LogP) is 1.11. The molecule has 0 spiro atoms. The first-order valence-corrected chi connectivity index (χ1v) is 10.0. The van der Waals surface area contributed by atoms with Gasteiger partial charge in [0, 0.05) is 32.2 Å². The Bertz CT molecular complexity index is 756. The molecule has 1 atom stereocenters. The number of aryl methyl sites for hydroxylation is 1. The third kappa shape index (κ3) is 4.02. The summed E-state index contributed by atoms with van der Waals surface area (Å²) in [4.78, 5) is 14.1. The number of carbonyl (C=O) groups excluding carboxylic acids is 1. The molecule has 0 bridgehead atoms. The fraction of sp³-hybridized carbons (Fsp3) is 0.588. The summed E-state index contributed by atoms with van der Waals surface area (Å²) in [5.41, 5.74) is 0.416. The summed E-state index contributed by atoms with van der Waals surface area (Å²) in [6.45, 7) is 4.98. The first-order valence-electron chi connectivity index (χ1n) is 8.60. The standard InChI is InChI=1S/C17H24FN3O3S/c1-12-3-6-15(11-16(12)18)25(23,24)21-9-7-20(8-10-21)13(2)17(22)19-14-4-5-14/h3,6,11,13-14H,4-5,7-10H2,1-2H3,(H,19,22). The second kappa shape index (κ2) is 7.01. The van der Waals surface area contributed by atoms with Gasteiger partial charge in [0.2, 0.25) is 15.9 Å². The lowest BCUT2D eigenvalue weighted by Gasteiger charge is -2.36. The van der Waals surface area contributed by atoms with Crippen LogP contribution in [0.25, 0.3) is 0 Å². The van der Waals surface area contributed by atoms with Crippen molar-refractivity contribution in [1.29, 1.82) is 0 Å². The zero-order chi connectivity index (χ0) is 18.2. The Balaban J connectivity index is 1.62. The van der Waals surface area contributed by atoms with Gasteiger partial charge in [-0.15, -0.1) is 0 Å². The molecule has 1 aromatic carbocycles. The Kier molecular flexibility index (Phi) is 5.13. The monoisotopic (exact) mass is 369 g/mol. The highest BCUT2D eigenvalue weighted by atomic mass is 32.2. The van der Waals surface area contributed by atoms with Crippen molar-refractivity contribution in [2.45, 2.75) is 43.7 Å². The number of nitrogens with one attached hydrogen (secondary N) is 1. The zero-order valence-electron chi connectivity index (χ0n) is 14.5. The molecule has 1 heterocycles. The van der Waals surface area contributed by atoms with Crippen molar-refractivity contribution in [3.63, 3.8) is 0 Å². The second-order valence-corrected chi connectivity index (χ2v) is 8.75. The normalized spacial score (nSPS) is 21.1. The minimum atomic E-state index is -3.71. The van der Waals surface area contributed by atoms with E-state index in [1.54, 1.807) is 6.92 Å². The van der Waals surface area contributed by atoms with Crippen LogP contribution in [0.15, 0.2) is 23.1 Å². The van der Waals surface area contributed by atoms with Gasteiger partial charge in [-0.1, -0.05) is 6.07 Å². The van der Waals surface area contributed by atoms with Gasteiger partial charge >= 0.3 is 0 Å². The van der Waals surface area contributed by atoms with Crippen LogP contribution in [0.5, 0.6) is 0 Å². The maximum Gasteiger partial charge on any atom is 0.243 e. The van der Waals surface area contributed by atoms with Gasteiger partial charge in [-0.05, 0) is 44.4 Å². The average molecular weight is 369 g/mol. The van der Waals surface area contributed by atoms with Gasteiger partial charge in [0.15, 0.2) is 0 Å². The maximum absolute atomic E-state index is 13.7. The van der Waals surface area contributed by atoms with Crippen molar-refractivity contribution in [1.82, 2.24) is 14.5 Å². The largest absolute Gasteiger partial charge is 0.352 e. The molecule has 8 heteroatoms. The Hall–Kier alpha value is -1.51. The number of piperazine rings is 1. The zero-order valence-corrected chi connectivity index (χ0v) is 15.4. The van der Waals surface area contributed by atoms with E-state index >= 15 is 0 Å². The number of halogens is 1. The van der Waals surface area contributed by atoms with E-state index in [0.717, 1.165) is 18.9 Å². The molecule has 0 radical (unpaired) electrons. The SMILES string of the molecule is Cc1ccc(S(=O)(=O)N2CCN(C(C)C(=O)NC3CC3)CC2)cc1F. The number of rotatable bonds is 5. The van der Waals surface area contributed by atoms with Crippen molar-refractivity contribution < 1.29 is 17.6 Å². The van der Waals surface area contributed by atoms with Crippen LogP contribution in [-0.4, -0.2) is 61.8 Å². The minimum absolute atomic E-state index is 0.000544. The molecular formula is C17H24FN3O3S. The van der Waals surface area contributed by atoms with Gasteiger partial charge in [0.1, 0.15) is 5.82 Å². The number of amides is 1. The molecule has 1 saturated heterocycles. The molecule has 0 aromatic heterocycles. The topological polar surface area (TPSA) is 69.7 Å². The second-order valence-electron chi connectivity index (χ2n) is 6.81. The molecule has 3 rings (SSSR count). The number of sulfonamides is 1. The molecule has 25 heavy (non-hydrogen) atoms. The summed E-state index contributed by atoms with van der Waals surface area (Å²) in [5, 5.41) is 2.98. The lowest BCUT2D eigenvalue weighted by molar-refractivity contribution is -0.126. The molecule has 1 aromatic rings. The number of nitrogens with zero attached hydrogens (tertiary/aromatic N) is 2. The van der Waals surface area contributed by atoms with Crippen molar-refractivity contribution in [2.24, 2.45) is 0 Å². The van der Waals surface area contributed by atoms with Gasteiger partial charge in [0.05, 0.1) is 10.9 Å². The lowest BCUT2D eigenvalue weighted by atomic mass is 10.2. The van der Waals surface area contributed by atoms with Crippen molar-refractivity contribution in [3.05, 3.63) is 29.6 Å². The highest BCUT2D eigenvalue weighted by Gasteiger charge is 2.33. The average Bonchev–Trinajstić information content (AvgIpc) is 3.40. The summed E-state index contributed by atoms with van der Waals surface area (Å²) in [6, 6.07) is 4.02. The Morgan fingerprint density at radius 3 is 2.44 bits per heavy atom. The van der Waals surface area contributed by atoms with Crippen LogP contribution in [0.4, 0.5) is 4.39 Å². The number of carbonyl (C=O) groups is 1. The quantitative estimate of drug-likeness (QED) is 0.844. The highest BCUT2D eigenvalue weighted by molar-refractivity contribution is 7.89. The summed E-state index contributed by atoms with van der Waals surface area (Å²) in [5.74, 6) is -0.524. The van der Waals surface area contributed by atoms with Crippen molar-refractivity contribution in [3.8, 4) is 0 Å². The summed E-state index contributed by atoms with van der Waals surface area (Å²) < 4.78 is 40.4. The summed E-state index contributed by atoms with van der Waals surface area (Å²) in [7, 11) is -3.71. The molecule has 1 amide bonds. The Morgan fingerprint density at radius 2 is 1.88 bits per heavy atom.